The molecule has 0 radical (unpaired) electrons. The molecule has 2 aromatic carbocycles. The van der Waals surface area contributed by atoms with Gasteiger partial charge >= 0.3 is 0 Å². The van der Waals surface area contributed by atoms with Crippen molar-refractivity contribution in [2.75, 3.05) is 19.0 Å². The van der Waals surface area contributed by atoms with Crippen LogP contribution < -0.4 is 10.2 Å². The van der Waals surface area contributed by atoms with E-state index in [9.17, 15) is 9.59 Å². The van der Waals surface area contributed by atoms with E-state index in [1.165, 1.54) is 0 Å². The van der Waals surface area contributed by atoms with E-state index in [4.69, 9.17) is 4.52 Å². The van der Waals surface area contributed by atoms with Gasteiger partial charge in [0.2, 0.25) is 11.8 Å². The molecule has 0 bridgehead atoms. The van der Waals surface area contributed by atoms with Gasteiger partial charge in [0.1, 0.15) is 5.69 Å². The quantitative estimate of drug-likeness (QED) is 0.734. The summed E-state index contributed by atoms with van der Waals surface area (Å²) in [4.78, 5) is 25.6. The highest BCUT2D eigenvalue weighted by Gasteiger charge is 2.32. The number of aromatic nitrogens is 1. The molecule has 2 amide bonds. The van der Waals surface area contributed by atoms with Crippen LogP contribution in [0.1, 0.15) is 24.5 Å². The Labute approximate surface area is 138 Å². The summed E-state index contributed by atoms with van der Waals surface area (Å²) >= 11 is 0. The Kier molecular flexibility index (Phi) is 3.26. The van der Waals surface area contributed by atoms with Crippen molar-refractivity contribution in [2.24, 2.45) is 0 Å². The minimum atomic E-state index is -0.455. The average Bonchev–Trinajstić information content (AvgIpc) is 2.98. The fraction of sp³-hybridized carbons (Fsp3) is 0.278. The second kappa shape index (κ2) is 5.33. The Morgan fingerprint density at radius 2 is 2.04 bits per heavy atom. The number of nitrogens with one attached hydrogen (secondary N) is 1. The van der Waals surface area contributed by atoms with Gasteiger partial charge in [0.15, 0.2) is 5.58 Å². The summed E-state index contributed by atoms with van der Waals surface area (Å²) in [5, 5.41) is 9.45. The van der Waals surface area contributed by atoms with E-state index >= 15 is 0 Å². The van der Waals surface area contributed by atoms with Crippen LogP contribution in [0.5, 0.6) is 0 Å². The molecule has 1 aliphatic heterocycles. The fourth-order valence-corrected chi connectivity index (χ4v) is 3.25. The van der Waals surface area contributed by atoms with Crippen LogP contribution in [0.15, 0.2) is 34.9 Å². The van der Waals surface area contributed by atoms with Crippen LogP contribution in [0.3, 0.4) is 0 Å². The van der Waals surface area contributed by atoms with E-state index in [-0.39, 0.29) is 11.8 Å². The summed E-state index contributed by atoms with van der Waals surface area (Å²) in [7, 11) is 3.99. The molecule has 0 spiro atoms. The number of rotatable bonds is 2. The van der Waals surface area contributed by atoms with Gasteiger partial charge in [-0.2, -0.15) is 0 Å². The molecule has 1 atom stereocenters. The first-order valence-electron chi connectivity index (χ1n) is 7.87. The van der Waals surface area contributed by atoms with Gasteiger partial charge in [-0.05, 0) is 35.4 Å². The molecule has 24 heavy (non-hydrogen) atoms. The SMILES string of the molecule is CN(C)c1ccc2c(ccc3onc([C@@H]4CCC(=O)NC4=O)c32)c1. The highest BCUT2D eigenvalue weighted by Crippen LogP contribution is 2.36. The zero-order chi connectivity index (χ0) is 16.8. The lowest BCUT2D eigenvalue weighted by Crippen LogP contribution is -2.39. The predicted molar refractivity (Wildman–Crippen MR) is 91.0 cm³/mol. The number of hydrogen-bond acceptors (Lipinski definition) is 5. The van der Waals surface area contributed by atoms with E-state index in [1.807, 2.05) is 43.3 Å². The number of carbonyl (C=O) groups is 2. The number of hydrogen-bond donors (Lipinski definition) is 1. The van der Waals surface area contributed by atoms with Gasteiger partial charge in [-0.25, -0.2) is 0 Å². The summed E-state index contributed by atoms with van der Waals surface area (Å²) in [6.45, 7) is 0. The van der Waals surface area contributed by atoms with Crippen molar-refractivity contribution < 1.29 is 14.1 Å². The van der Waals surface area contributed by atoms with Gasteiger partial charge in [-0.15, -0.1) is 0 Å². The van der Waals surface area contributed by atoms with E-state index in [1.54, 1.807) is 0 Å². The van der Waals surface area contributed by atoms with Crippen LogP contribution >= 0.6 is 0 Å². The summed E-state index contributed by atoms with van der Waals surface area (Å²) < 4.78 is 5.44. The Hall–Kier alpha value is -2.89. The van der Waals surface area contributed by atoms with Crippen molar-refractivity contribution in [1.29, 1.82) is 0 Å². The van der Waals surface area contributed by atoms with Gasteiger partial charge in [-0.1, -0.05) is 17.3 Å². The summed E-state index contributed by atoms with van der Waals surface area (Å²) in [5.74, 6) is -0.990. The van der Waals surface area contributed by atoms with Gasteiger partial charge < -0.3 is 9.42 Å². The van der Waals surface area contributed by atoms with Crippen molar-refractivity contribution in [1.82, 2.24) is 10.5 Å². The monoisotopic (exact) mass is 323 g/mol. The summed E-state index contributed by atoms with van der Waals surface area (Å²) in [6.07, 6.45) is 0.777. The molecule has 122 valence electrons. The molecule has 2 heterocycles. The van der Waals surface area contributed by atoms with Crippen molar-refractivity contribution >= 4 is 39.2 Å². The number of piperidine rings is 1. The topological polar surface area (TPSA) is 75.4 Å². The Balaban J connectivity index is 1.91. The Morgan fingerprint density at radius 3 is 2.79 bits per heavy atom. The number of anilines is 1. The number of carbonyl (C=O) groups excluding carboxylic acids is 2. The highest BCUT2D eigenvalue weighted by molar-refractivity contribution is 6.10. The zero-order valence-electron chi connectivity index (χ0n) is 13.5. The minimum absolute atomic E-state index is 0.232. The van der Waals surface area contributed by atoms with E-state index in [2.05, 4.69) is 16.5 Å². The van der Waals surface area contributed by atoms with E-state index in [0.29, 0.717) is 24.1 Å². The standard InChI is InChI=1S/C18H17N3O3/c1-21(2)11-4-5-12-10(9-11)3-7-14-16(12)17(20-24-14)13-6-8-15(22)19-18(13)23/h3-5,7,9,13H,6,8H2,1-2H3,(H,19,22,23)/t13-/m0/s1. The molecule has 0 saturated carbocycles. The van der Waals surface area contributed by atoms with Crippen LogP contribution in [0, 0.1) is 0 Å². The molecule has 1 N–H and O–H groups in total. The zero-order valence-corrected chi connectivity index (χ0v) is 13.5. The maximum absolute atomic E-state index is 12.2. The lowest BCUT2D eigenvalue weighted by atomic mass is 9.91. The molecule has 1 fully saturated rings. The number of nitrogens with zero attached hydrogens (tertiary/aromatic N) is 2. The van der Waals surface area contributed by atoms with Gasteiger partial charge in [0, 0.05) is 26.2 Å². The van der Waals surface area contributed by atoms with Crippen molar-refractivity contribution in [3.05, 3.63) is 36.0 Å². The molecule has 1 aliphatic rings. The molecule has 6 nitrogen and oxygen atoms in total. The molecule has 4 rings (SSSR count). The van der Waals surface area contributed by atoms with E-state index < -0.39 is 5.92 Å². The van der Waals surface area contributed by atoms with Crippen molar-refractivity contribution in [3.8, 4) is 0 Å². The van der Waals surface area contributed by atoms with Gasteiger partial charge in [0.25, 0.3) is 0 Å². The molecule has 1 aromatic heterocycles. The third-order valence-electron chi connectivity index (χ3n) is 4.55. The van der Waals surface area contributed by atoms with Crippen LogP contribution in [0.25, 0.3) is 21.7 Å². The van der Waals surface area contributed by atoms with E-state index in [0.717, 1.165) is 21.8 Å². The minimum Gasteiger partial charge on any atom is -0.378 e. The first-order chi connectivity index (χ1) is 11.5. The molecule has 6 heteroatoms. The number of amides is 2. The average molecular weight is 323 g/mol. The molecular formula is C18H17N3O3. The predicted octanol–water partition coefficient (Wildman–Crippen LogP) is 2.57. The molecule has 1 saturated heterocycles. The lowest BCUT2D eigenvalue weighted by Gasteiger charge is -2.19. The van der Waals surface area contributed by atoms with Crippen molar-refractivity contribution in [2.45, 2.75) is 18.8 Å². The third kappa shape index (κ3) is 2.22. The van der Waals surface area contributed by atoms with Crippen molar-refractivity contribution in [3.63, 3.8) is 0 Å². The molecule has 3 aromatic rings. The molecule has 0 unspecified atom stereocenters. The third-order valence-corrected chi connectivity index (χ3v) is 4.55. The summed E-state index contributed by atoms with van der Waals surface area (Å²) in [5.41, 5.74) is 2.36. The van der Waals surface area contributed by atoms with Crippen LogP contribution in [0.4, 0.5) is 5.69 Å². The van der Waals surface area contributed by atoms with Gasteiger partial charge in [-0.3, -0.25) is 14.9 Å². The Bertz CT molecular complexity index is 974. The Morgan fingerprint density at radius 1 is 1.21 bits per heavy atom. The maximum atomic E-state index is 12.2. The molecule has 0 aliphatic carbocycles. The first kappa shape index (κ1) is 14.7. The van der Waals surface area contributed by atoms with Crippen LogP contribution in [-0.4, -0.2) is 31.1 Å². The second-order valence-electron chi connectivity index (χ2n) is 6.31. The number of benzene rings is 2. The first-order valence-corrected chi connectivity index (χ1v) is 7.87. The van der Waals surface area contributed by atoms with Crippen LogP contribution in [-0.2, 0) is 9.59 Å². The maximum Gasteiger partial charge on any atom is 0.235 e. The summed E-state index contributed by atoms with van der Waals surface area (Å²) in [6, 6.07) is 10.0. The number of fused-ring (bicyclic) bond motifs is 3. The highest BCUT2D eigenvalue weighted by atomic mass is 16.5. The van der Waals surface area contributed by atoms with Gasteiger partial charge in [0.05, 0.1) is 11.3 Å². The van der Waals surface area contributed by atoms with Crippen LogP contribution in [0.2, 0.25) is 0 Å². The number of imide groups is 1. The fourth-order valence-electron chi connectivity index (χ4n) is 3.25. The lowest BCUT2D eigenvalue weighted by molar-refractivity contribution is -0.134. The second-order valence-corrected chi connectivity index (χ2v) is 6.31. The largest absolute Gasteiger partial charge is 0.378 e. The normalized spacial score (nSPS) is 18.2. The molecular weight excluding hydrogens is 306 g/mol. The smallest absolute Gasteiger partial charge is 0.235 e.